The van der Waals surface area contributed by atoms with Crippen LogP contribution in [-0.4, -0.2) is 71.4 Å². The molecule has 11 nitrogen and oxygen atoms in total. The van der Waals surface area contributed by atoms with Gasteiger partial charge in [0, 0.05) is 62.1 Å². The average molecular weight is 537 g/mol. The van der Waals surface area contributed by atoms with Crippen LogP contribution in [0.5, 0.6) is 0 Å². The minimum atomic E-state index is -0.443. The first-order valence-corrected chi connectivity index (χ1v) is 12.9. The highest BCUT2D eigenvalue weighted by Gasteiger charge is 2.37. The Morgan fingerprint density at radius 3 is 1.40 bits per heavy atom. The van der Waals surface area contributed by atoms with Gasteiger partial charge in [-0.3, -0.25) is 33.8 Å². The van der Waals surface area contributed by atoms with E-state index in [1.54, 1.807) is 25.0 Å². The Bertz CT molecular complexity index is 1540. The molecule has 2 aromatic carbocycles. The maximum absolute atomic E-state index is 13.4. The molecule has 40 heavy (non-hydrogen) atoms. The van der Waals surface area contributed by atoms with E-state index in [0.29, 0.717) is 25.9 Å². The fourth-order valence-electron chi connectivity index (χ4n) is 5.10. The lowest BCUT2D eigenvalue weighted by Gasteiger charge is -2.13. The number of rotatable bonds is 10. The minimum absolute atomic E-state index is 0.176. The van der Waals surface area contributed by atoms with Crippen LogP contribution in [0.15, 0.2) is 73.8 Å². The van der Waals surface area contributed by atoms with Crippen LogP contribution >= 0.6 is 0 Å². The molecule has 0 bridgehead atoms. The van der Waals surface area contributed by atoms with Gasteiger partial charge in [0.25, 0.3) is 23.6 Å². The molecule has 0 radical (unpaired) electrons. The molecule has 2 aromatic heterocycles. The number of ketones is 1. The molecule has 11 heteroatoms. The second kappa shape index (κ2) is 10.2. The van der Waals surface area contributed by atoms with Crippen LogP contribution in [0, 0.1) is 0 Å². The summed E-state index contributed by atoms with van der Waals surface area (Å²) in [5.74, 6) is -2.08. The molecule has 6 rings (SSSR count). The number of hydrogen-bond donors (Lipinski definition) is 0. The molecule has 4 aromatic rings. The summed E-state index contributed by atoms with van der Waals surface area (Å²) in [4.78, 5) is 75.4. The number of imidazole rings is 2. The van der Waals surface area contributed by atoms with Gasteiger partial charge < -0.3 is 9.13 Å². The van der Waals surface area contributed by atoms with E-state index in [4.69, 9.17) is 0 Å². The average Bonchev–Trinajstić information content (AvgIpc) is 3.76. The van der Waals surface area contributed by atoms with Gasteiger partial charge in [0.1, 0.15) is 0 Å². The van der Waals surface area contributed by atoms with Gasteiger partial charge in [-0.1, -0.05) is 12.1 Å². The fraction of sp³-hybridized carbons (Fsp3) is 0.207. The molecule has 0 atom stereocenters. The van der Waals surface area contributed by atoms with E-state index in [2.05, 4.69) is 9.97 Å². The monoisotopic (exact) mass is 536 g/mol. The normalized spacial score (nSPS) is 14.3. The topological polar surface area (TPSA) is 127 Å². The van der Waals surface area contributed by atoms with Gasteiger partial charge in [-0.25, -0.2) is 9.97 Å². The Hall–Kier alpha value is -5.19. The summed E-state index contributed by atoms with van der Waals surface area (Å²) in [5.41, 5.74) is 1.29. The van der Waals surface area contributed by atoms with Gasteiger partial charge >= 0.3 is 0 Å². The molecule has 0 fully saturated rings. The van der Waals surface area contributed by atoms with Crippen LogP contribution in [0.4, 0.5) is 0 Å². The number of amides is 4. The molecule has 2 aliphatic rings. The molecule has 0 spiro atoms. The van der Waals surface area contributed by atoms with Gasteiger partial charge in [0.05, 0.1) is 34.9 Å². The zero-order valence-electron chi connectivity index (χ0n) is 21.4. The van der Waals surface area contributed by atoms with Crippen LogP contribution in [-0.2, 0) is 13.1 Å². The molecule has 0 N–H and O–H groups in total. The summed E-state index contributed by atoms with van der Waals surface area (Å²) in [5, 5.41) is 0. The van der Waals surface area contributed by atoms with E-state index in [1.807, 2.05) is 21.5 Å². The summed E-state index contributed by atoms with van der Waals surface area (Å²) in [6.07, 6.45) is 11.4. The number of imide groups is 2. The van der Waals surface area contributed by atoms with Crippen LogP contribution in [0.3, 0.4) is 0 Å². The molecule has 4 amide bonds. The molecule has 0 aliphatic carbocycles. The second-order valence-electron chi connectivity index (χ2n) is 9.68. The summed E-state index contributed by atoms with van der Waals surface area (Å²) in [7, 11) is 0. The molecular formula is C29H24N6O5. The Balaban J connectivity index is 1.15. The van der Waals surface area contributed by atoms with E-state index >= 15 is 0 Å². The number of aromatic nitrogens is 4. The van der Waals surface area contributed by atoms with Crippen molar-refractivity contribution in [3.05, 3.63) is 107 Å². The molecule has 2 aliphatic heterocycles. The van der Waals surface area contributed by atoms with Gasteiger partial charge in [-0.05, 0) is 37.1 Å². The molecule has 0 saturated carbocycles. The fourth-order valence-corrected chi connectivity index (χ4v) is 5.10. The first kappa shape index (κ1) is 25.1. The maximum Gasteiger partial charge on any atom is 0.261 e. The standard InChI is InChI=1S/C29H24N6O5/c36-25(19-3-5-21-23(15-19)28(39)34(26(21)37)11-1-9-32-13-7-30-17-32)20-4-6-22-24(16-20)29(40)35(27(22)38)12-2-10-33-14-8-31-18-33/h3-8,13-18H,1-2,9-12H2. The third-order valence-electron chi connectivity index (χ3n) is 7.18. The van der Waals surface area contributed by atoms with Crippen molar-refractivity contribution in [3.63, 3.8) is 0 Å². The van der Waals surface area contributed by atoms with E-state index in [9.17, 15) is 24.0 Å². The predicted molar refractivity (Wildman–Crippen MR) is 141 cm³/mol. The molecule has 4 heterocycles. The summed E-state index contributed by atoms with van der Waals surface area (Å²) >= 11 is 0. The predicted octanol–water partition coefficient (Wildman–Crippen LogP) is 2.68. The minimum Gasteiger partial charge on any atom is -0.337 e. The van der Waals surface area contributed by atoms with E-state index in [-0.39, 0.29) is 58.3 Å². The second-order valence-corrected chi connectivity index (χ2v) is 9.68. The van der Waals surface area contributed by atoms with Crippen LogP contribution in [0.1, 0.15) is 70.2 Å². The van der Waals surface area contributed by atoms with Gasteiger partial charge in [0.15, 0.2) is 5.78 Å². The van der Waals surface area contributed by atoms with Crippen molar-refractivity contribution in [1.29, 1.82) is 0 Å². The van der Waals surface area contributed by atoms with Crippen molar-refractivity contribution in [2.24, 2.45) is 0 Å². The number of carbonyl (C=O) groups is 5. The number of hydrogen-bond acceptors (Lipinski definition) is 7. The Morgan fingerprint density at radius 2 is 1.00 bits per heavy atom. The smallest absolute Gasteiger partial charge is 0.261 e. The molecule has 200 valence electrons. The highest BCUT2D eigenvalue weighted by molar-refractivity contribution is 6.24. The molecular weight excluding hydrogens is 512 g/mol. The maximum atomic E-state index is 13.4. The van der Waals surface area contributed by atoms with E-state index < -0.39 is 17.6 Å². The quantitative estimate of drug-likeness (QED) is 0.225. The number of carbonyl (C=O) groups excluding carboxylic acids is 5. The zero-order chi connectivity index (χ0) is 27.8. The number of benzene rings is 2. The third kappa shape index (κ3) is 4.41. The Labute approximate surface area is 228 Å². The summed E-state index contributed by atoms with van der Waals surface area (Å²) < 4.78 is 3.73. The van der Waals surface area contributed by atoms with Gasteiger partial charge in [-0.15, -0.1) is 0 Å². The SMILES string of the molecule is O=C(c1ccc2c(c1)C(=O)N(CCCn1ccnc1)C2=O)c1ccc2c(c1)C(=O)N(CCCn1ccnc1)C2=O. The lowest BCUT2D eigenvalue weighted by atomic mass is 9.96. The van der Waals surface area contributed by atoms with Crippen molar-refractivity contribution < 1.29 is 24.0 Å². The summed E-state index contributed by atoms with van der Waals surface area (Å²) in [6.45, 7) is 1.71. The Kier molecular flexibility index (Phi) is 6.39. The lowest BCUT2D eigenvalue weighted by molar-refractivity contribution is 0.0635. The van der Waals surface area contributed by atoms with Crippen molar-refractivity contribution >= 4 is 29.4 Å². The number of nitrogens with zero attached hydrogens (tertiary/aromatic N) is 6. The molecule has 0 saturated heterocycles. The Morgan fingerprint density at radius 1 is 0.575 bits per heavy atom. The highest BCUT2D eigenvalue weighted by Crippen LogP contribution is 2.28. The van der Waals surface area contributed by atoms with Crippen LogP contribution in [0.25, 0.3) is 0 Å². The van der Waals surface area contributed by atoms with E-state index in [0.717, 1.165) is 0 Å². The van der Waals surface area contributed by atoms with Crippen molar-refractivity contribution in [2.75, 3.05) is 13.1 Å². The first-order valence-electron chi connectivity index (χ1n) is 12.9. The largest absolute Gasteiger partial charge is 0.337 e. The van der Waals surface area contributed by atoms with E-state index in [1.165, 1.54) is 46.2 Å². The summed E-state index contributed by atoms with van der Waals surface area (Å²) in [6, 6.07) is 8.84. The van der Waals surface area contributed by atoms with Crippen LogP contribution < -0.4 is 0 Å². The number of fused-ring (bicyclic) bond motifs is 2. The molecule has 0 unspecified atom stereocenters. The number of aryl methyl sites for hydroxylation is 2. The van der Waals surface area contributed by atoms with Crippen molar-refractivity contribution in [2.45, 2.75) is 25.9 Å². The lowest BCUT2D eigenvalue weighted by Crippen LogP contribution is -2.31. The third-order valence-corrected chi connectivity index (χ3v) is 7.18. The van der Waals surface area contributed by atoms with Crippen molar-refractivity contribution in [1.82, 2.24) is 28.9 Å². The van der Waals surface area contributed by atoms with Gasteiger partial charge in [0.2, 0.25) is 0 Å². The first-order chi connectivity index (χ1) is 19.4. The zero-order valence-corrected chi connectivity index (χ0v) is 21.4. The highest BCUT2D eigenvalue weighted by atomic mass is 16.2. The van der Waals surface area contributed by atoms with Crippen molar-refractivity contribution in [3.8, 4) is 0 Å². The van der Waals surface area contributed by atoms with Crippen LogP contribution in [0.2, 0.25) is 0 Å². The van der Waals surface area contributed by atoms with Gasteiger partial charge in [-0.2, -0.15) is 0 Å².